The highest BCUT2D eigenvalue weighted by molar-refractivity contribution is 14.1. The summed E-state index contributed by atoms with van der Waals surface area (Å²) < 4.78 is 11.9. The van der Waals surface area contributed by atoms with Crippen LogP contribution in [0.4, 0.5) is 0 Å². The molecule has 70 valence electrons. The molecule has 1 aromatic carbocycles. The molecule has 0 aromatic heterocycles. The molecule has 1 aliphatic heterocycles. The zero-order valence-electron chi connectivity index (χ0n) is 7.42. The van der Waals surface area contributed by atoms with Crippen molar-refractivity contribution < 1.29 is 9.47 Å². The third-order valence-electron chi connectivity index (χ3n) is 2.18. The molecule has 0 bridgehead atoms. The van der Waals surface area contributed by atoms with Gasteiger partial charge in [-0.05, 0) is 18.2 Å². The Kier molecular flexibility index (Phi) is 2.62. The van der Waals surface area contributed by atoms with Crippen LogP contribution in [0.1, 0.15) is 5.56 Å². The molecule has 0 aliphatic carbocycles. The molecular formula is C10H11IO2. The molecule has 0 saturated carbocycles. The highest BCUT2D eigenvalue weighted by Gasteiger charge is 2.21. The van der Waals surface area contributed by atoms with Crippen molar-refractivity contribution in [1.29, 1.82) is 0 Å². The summed E-state index contributed by atoms with van der Waals surface area (Å²) in [4.78, 5) is 0. The van der Waals surface area contributed by atoms with Crippen molar-refractivity contribution in [2.45, 2.75) is 12.5 Å². The second kappa shape index (κ2) is 3.74. The number of rotatable bonds is 2. The van der Waals surface area contributed by atoms with Crippen LogP contribution in [0.2, 0.25) is 0 Å². The van der Waals surface area contributed by atoms with Crippen molar-refractivity contribution in [3.63, 3.8) is 0 Å². The van der Waals surface area contributed by atoms with Gasteiger partial charge < -0.3 is 9.47 Å². The van der Waals surface area contributed by atoms with Gasteiger partial charge in [0, 0.05) is 16.4 Å². The van der Waals surface area contributed by atoms with Crippen LogP contribution in [-0.2, 0) is 6.42 Å². The average molecular weight is 290 g/mol. The molecule has 0 N–H and O–H groups in total. The lowest BCUT2D eigenvalue weighted by molar-refractivity contribution is 0.262. The quantitative estimate of drug-likeness (QED) is 0.615. The number of hydrogen-bond acceptors (Lipinski definition) is 2. The third-order valence-corrected chi connectivity index (χ3v) is 3.16. The lowest BCUT2D eigenvalue weighted by atomic mass is 10.1. The van der Waals surface area contributed by atoms with Crippen molar-refractivity contribution in [3.8, 4) is 11.5 Å². The molecule has 0 amide bonds. The Morgan fingerprint density at radius 2 is 2.46 bits per heavy atom. The van der Waals surface area contributed by atoms with E-state index in [1.54, 1.807) is 7.11 Å². The molecule has 0 saturated heterocycles. The number of hydrogen-bond donors (Lipinski definition) is 0. The van der Waals surface area contributed by atoms with E-state index < -0.39 is 0 Å². The van der Waals surface area contributed by atoms with Crippen LogP contribution in [0.15, 0.2) is 18.2 Å². The normalized spacial score (nSPS) is 19.4. The summed E-state index contributed by atoms with van der Waals surface area (Å²) in [6.45, 7) is 0. The van der Waals surface area contributed by atoms with E-state index in [0.29, 0.717) is 6.10 Å². The first-order valence-electron chi connectivity index (χ1n) is 4.23. The van der Waals surface area contributed by atoms with Crippen LogP contribution >= 0.6 is 22.6 Å². The summed E-state index contributed by atoms with van der Waals surface area (Å²) in [5.74, 6) is 1.93. The van der Waals surface area contributed by atoms with Gasteiger partial charge in [0.1, 0.15) is 17.6 Å². The Labute approximate surface area is 91.4 Å². The number of benzene rings is 1. The fourth-order valence-corrected chi connectivity index (χ4v) is 2.00. The standard InChI is InChI=1S/C10H11IO2/c1-12-8-2-3-10-7(4-8)5-9(6-11)13-10/h2-4,9H,5-6H2,1H3/t9-/m1/s1. The minimum absolute atomic E-state index is 0.350. The number of ether oxygens (including phenoxy) is 2. The largest absolute Gasteiger partial charge is 0.497 e. The molecule has 0 radical (unpaired) electrons. The topological polar surface area (TPSA) is 18.5 Å². The predicted octanol–water partition coefficient (Wildman–Crippen LogP) is 2.43. The number of alkyl halides is 1. The van der Waals surface area contributed by atoms with Gasteiger partial charge in [0.15, 0.2) is 0 Å². The van der Waals surface area contributed by atoms with Crippen molar-refractivity contribution in [3.05, 3.63) is 23.8 Å². The second-order valence-electron chi connectivity index (χ2n) is 3.07. The maximum atomic E-state index is 5.69. The van der Waals surface area contributed by atoms with Gasteiger partial charge in [-0.2, -0.15) is 0 Å². The number of fused-ring (bicyclic) bond motifs is 1. The van der Waals surface area contributed by atoms with E-state index in [-0.39, 0.29) is 0 Å². The van der Waals surface area contributed by atoms with Crippen molar-refractivity contribution >= 4 is 22.6 Å². The Bertz CT molecular complexity index is 312. The molecular weight excluding hydrogens is 279 g/mol. The van der Waals surface area contributed by atoms with Gasteiger partial charge in [-0.1, -0.05) is 22.6 Å². The molecule has 3 heteroatoms. The van der Waals surface area contributed by atoms with Crippen LogP contribution in [0.25, 0.3) is 0 Å². The van der Waals surface area contributed by atoms with Gasteiger partial charge in [0.2, 0.25) is 0 Å². The Morgan fingerprint density at radius 1 is 1.62 bits per heavy atom. The Hall–Kier alpha value is -0.450. The first kappa shape index (κ1) is 9.12. The molecule has 1 atom stereocenters. The van der Waals surface area contributed by atoms with Crippen LogP contribution in [0.5, 0.6) is 11.5 Å². The minimum Gasteiger partial charge on any atom is -0.497 e. The van der Waals surface area contributed by atoms with E-state index in [1.807, 2.05) is 12.1 Å². The maximum Gasteiger partial charge on any atom is 0.123 e. The fourth-order valence-electron chi connectivity index (χ4n) is 1.51. The molecule has 0 fully saturated rings. The molecule has 1 aliphatic rings. The molecule has 1 heterocycles. The third kappa shape index (κ3) is 1.75. The van der Waals surface area contributed by atoms with E-state index in [2.05, 4.69) is 28.7 Å². The van der Waals surface area contributed by atoms with Gasteiger partial charge in [-0.25, -0.2) is 0 Å². The summed E-state index contributed by atoms with van der Waals surface area (Å²) >= 11 is 2.35. The summed E-state index contributed by atoms with van der Waals surface area (Å²) in [5.41, 5.74) is 1.26. The van der Waals surface area contributed by atoms with E-state index >= 15 is 0 Å². The molecule has 1 aromatic rings. The fraction of sp³-hybridized carbons (Fsp3) is 0.400. The molecule has 0 spiro atoms. The molecule has 13 heavy (non-hydrogen) atoms. The minimum atomic E-state index is 0.350. The first-order valence-corrected chi connectivity index (χ1v) is 5.75. The summed E-state index contributed by atoms with van der Waals surface area (Å²) in [6.07, 6.45) is 1.36. The van der Waals surface area contributed by atoms with Crippen LogP contribution in [0.3, 0.4) is 0 Å². The van der Waals surface area contributed by atoms with Gasteiger partial charge in [-0.3, -0.25) is 0 Å². The first-order chi connectivity index (χ1) is 6.33. The molecule has 2 rings (SSSR count). The summed E-state index contributed by atoms with van der Waals surface area (Å²) in [5, 5.41) is 0. The highest BCUT2D eigenvalue weighted by Crippen LogP contribution is 2.32. The second-order valence-corrected chi connectivity index (χ2v) is 3.95. The maximum absolute atomic E-state index is 5.69. The Morgan fingerprint density at radius 3 is 3.15 bits per heavy atom. The lowest BCUT2D eigenvalue weighted by Crippen LogP contribution is -2.13. The smallest absolute Gasteiger partial charge is 0.123 e. The summed E-state index contributed by atoms with van der Waals surface area (Å²) in [6, 6.07) is 5.98. The highest BCUT2D eigenvalue weighted by atomic mass is 127. The Balaban J connectivity index is 2.25. The van der Waals surface area contributed by atoms with E-state index in [9.17, 15) is 0 Å². The molecule has 0 unspecified atom stereocenters. The van der Waals surface area contributed by atoms with Gasteiger partial charge in [-0.15, -0.1) is 0 Å². The SMILES string of the molecule is COc1ccc2c(c1)C[C@H](CI)O2. The van der Waals surface area contributed by atoms with E-state index in [4.69, 9.17) is 9.47 Å². The van der Waals surface area contributed by atoms with Crippen molar-refractivity contribution in [1.82, 2.24) is 0 Å². The lowest BCUT2D eigenvalue weighted by Gasteiger charge is -2.04. The van der Waals surface area contributed by atoms with E-state index in [0.717, 1.165) is 22.3 Å². The van der Waals surface area contributed by atoms with Crippen LogP contribution in [0, 0.1) is 0 Å². The zero-order valence-corrected chi connectivity index (χ0v) is 9.58. The zero-order chi connectivity index (χ0) is 9.26. The van der Waals surface area contributed by atoms with E-state index in [1.165, 1.54) is 5.56 Å². The number of halogens is 1. The van der Waals surface area contributed by atoms with Crippen molar-refractivity contribution in [2.75, 3.05) is 11.5 Å². The average Bonchev–Trinajstić information content (AvgIpc) is 2.58. The van der Waals surface area contributed by atoms with Gasteiger partial charge >= 0.3 is 0 Å². The van der Waals surface area contributed by atoms with Crippen LogP contribution < -0.4 is 9.47 Å². The van der Waals surface area contributed by atoms with Gasteiger partial charge in [0.25, 0.3) is 0 Å². The predicted molar refractivity (Wildman–Crippen MR) is 60.0 cm³/mol. The van der Waals surface area contributed by atoms with Crippen molar-refractivity contribution in [2.24, 2.45) is 0 Å². The number of methoxy groups -OCH3 is 1. The van der Waals surface area contributed by atoms with Gasteiger partial charge in [0.05, 0.1) is 7.11 Å². The summed E-state index contributed by atoms with van der Waals surface area (Å²) in [7, 11) is 1.69. The molecule has 2 nitrogen and oxygen atoms in total. The monoisotopic (exact) mass is 290 g/mol. The van der Waals surface area contributed by atoms with Crippen LogP contribution in [-0.4, -0.2) is 17.6 Å².